The number of hydrogen-bond acceptors (Lipinski definition) is 3. The van der Waals surface area contributed by atoms with Crippen molar-refractivity contribution in [1.82, 2.24) is 4.90 Å². The number of nitrogens with zero attached hydrogens (tertiary/aromatic N) is 2. The second-order valence-corrected chi connectivity index (χ2v) is 8.33. The molecule has 1 radical (unpaired) electrons. The zero-order chi connectivity index (χ0) is 20.5. The van der Waals surface area contributed by atoms with Gasteiger partial charge in [-0.3, -0.25) is 14.5 Å². The molecule has 0 saturated carbocycles. The molecule has 0 aliphatic carbocycles. The third-order valence-corrected chi connectivity index (χ3v) is 5.91. The van der Waals surface area contributed by atoms with Gasteiger partial charge in [0.2, 0.25) is 11.8 Å². The smallest absolute Gasteiger partial charge is 0.248 e. The van der Waals surface area contributed by atoms with Gasteiger partial charge in [0.15, 0.2) is 0 Å². The van der Waals surface area contributed by atoms with Gasteiger partial charge in [-0.15, -0.1) is 0 Å². The Labute approximate surface area is 172 Å². The van der Waals surface area contributed by atoms with Crippen molar-refractivity contribution in [1.29, 1.82) is 0 Å². The van der Waals surface area contributed by atoms with Crippen molar-refractivity contribution >= 4 is 17.5 Å². The van der Waals surface area contributed by atoms with Gasteiger partial charge in [0.1, 0.15) is 0 Å². The molecule has 4 rings (SSSR count). The quantitative estimate of drug-likeness (QED) is 0.851. The minimum atomic E-state index is -0.469. The molecule has 151 valence electrons. The van der Waals surface area contributed by atoms with E-state index < -0.39 is 5.91 Å². The summed E-state index contributed by atoms with van der Waals surface area (Å²) in [5.41, 5.74) is 10.1. The minimum Gasteiger partial charge on any atom is -0.366 e. The van der Waals surface area contributed by atoms with E-state index in [2.05, 4.69) is 18.7 Å². The lowest BCUT2D eigenvalue weighted by molar-refractivity contribution is -0.122. The lowest BCUT2D eigenvalue weighted by atomic mass is 9.95. The van der Waals surface area contributed by atoms with E-state index in [4.69, 9.17) is 5.73 Å². The van der Waals surface area contributed by atoms with Crippen LogP contribution in [-0.4, -0.2) is 42.4 Å². The summed E-state index contributed by atoms with van der Waals surface area (Å²) in [6, 6.07) is 13.6. The fraction of sp³-hybridized carbons (Fsp3) is 0.375. The number of nitrogens with two attached hydrogens (primary N) is 1. The lowest BCUT2D eigenvalue weighted by Crippen LogP contribution is -2.46. The summed E-state index contributed by atoms with van der Waals surface area (Å²) in [6.45, 7) is 6.68. The van der Waals surface area contributed by atoms with Gasteiger partial charge in [-0.05, 0) is 60.5 Å². The predicted octanol–water partition coefficient (Wildman–Crippen LogP) is 3.42. The van der Waals surface area contributed by atoms with Crippen molar-refractivity contribution in [2.75, 3.05) is 24.5 Å². The zero-order valence-electron chi connectivity index (χ0n) is 17.1. The van der Waals surface area contributed by atoms with E-state index in [0.717, 1.165) is 54.7 Å². The number of carbonyl (C=O) groups is 2. The lowest BCUT2D eigenvalue weighted by Gasteiger charge is -2.29. The number of benzene rings is 2. The van der Waals surface area contributed by atoms with Crippen LogP contribution >= 0.6 is 0 Å². The van der Waals surface area contributed by atoms with Crippen molar-refractivity contribution in [2.24, 2.45) is 5.73 Å². The molecule has 1 saturated heterocycles. The molecule has 5 nitrogen and oxygen atoms in total. The largest absolute Gasteiger partial charge is 0.366 e. The summed E-state index contributed by atoms with van der Waals surface area (Å²) in [5, 5.41) is 0. The van der Waals surface area contributed by atoms with E-state index in [0.29, 0.717) is 12.1 Å². The molecule has 2 aromatic rings. The highest BCUT2D eigenvalue weighted by Crippen LogP contribution is 2.38. The average molecular weight is 391 g/mol. The second kappa shape index (κ2) is 7.99. The van der Waals surface area contributed by atoms with Gasteiger partial charge in [0.25, 0.3) is 0 Å². The first-order valence-electron chi connectivity index (χ1n) is 10.3. The molecule has 2 N–H and O–H groups in total. The van der Waals surface area contributed by atoms with E-state index in [1.807, 2.05) is 41.3 Å². The van der Waals surface area contributed by atoms with Crippen LogP contribution in [0.15, 0.2) is 42.5 Å². The van der Waals surface area contributed by atoms with Gasteiger partial charge < -0.3 is 10.6 Å². The van der Waals surface area contributed by atoms with Gasteiger partial charge in [0, 0.05) is 24.3 Å². The zero-order valence-corrected chi connectivity index (χ0v) is 17.1. The molecule has 0 bridgehead atoms. The normalized spacial score (nSPS) is 19.0. The number of anilines is 1. The fourth-order valence-corrected chi connectivity index (χ4v) is 4.63. The van der Waals surface area contributed by atoms with Crippen molar-refractivity contribution in [3.05, 3.63) is 59.5 Å². The van der Waals surface area contributed by atoms with E-state index in [1.54, 1.807) is 6.07 Å². The first-order valence-corrected chi connectivity index (χ1v) is 10.3. The van der Waals surface area contributed by atoms with Crippen molar-refractivity contribution < 1.29 is 9.59 Å². The molecule has 0 aromatic heterocycles. The summed E-state index contributed by atoms with van der Waals surface area (Å²) in [6.07, 6.45) is 2.72. The molecular weight excluding hydrogens is 362 g/mol. The van der Waals surface area contributed by atoms with Crippen LogP contribution in [0.5, 0.6) is 0 Å². The Kier molecular flexibility index (Phi) is 5.41. The third-order valence-electron chi connectivity index (χ3n) is 5.91. The average Bonchev–Trinajstić information content (AvgIpc) is 3.33. The maximum Gasteiger partial charge on any atom is 0.248 e. The molecule has 2 heterocycles. The first-order chi connectivity index (χ1) is 14.0. The highest BCUT2D eigenvalue weighted by molar-refractivity contribution is 6.03. The Morgan fingerprint density at radius 3 is 2.55 bits per heavy atom. The van der Waals surface area contributed by atoms with Crippen LogP contribution in [0.1, 0.15) is 42.6 Å². The molecule has 2 aromatic carbocycles. The van der Waals surface area contributed by atoms with Gasteiger partial charge in [0.05, 0.1) is 6.04 Å². The van der Waals surface area contributed by atoms with Crippen molar-refractivity contribution in [2.45, 2.75) is 39.2 Å². The van der Waals surface area contributed by atoms with Crippen LogP contribution in [0, 0.1) is 5.92 Å². The van der Waals surface area contributed by atoms with Crippen LogP contribution in [0.3, 0.4) is 0 Å². The Bertz CT molecular complexity index is 923. The molecule has 29 heavy (non-hydrogen) atoms. The standard InChI is InChI=1S/C24H28N3O2/c1-16(2)15-26-11-6-9-21(26)24(29)27-12-10-19-20(17-7-4-3-5-8-17)13-18(23(25)28)14-22(19)27/h3-5,7-8,13-14,21H,6,9-12,15H2,1-2H3,(H2,25,28)/t21-/m0/s1. The van der Waals surface area contributed by atoms with Gasteiger partial charge in [-0.2, -0.15) is 0 Å². The Morgan fingerprint density at radius 2 is 1.86 bits per heavy atom. The molecule has 5 heteroatoms. The molecule has 0 spiro atoms. The summed E-state index contributed by atoms with van der Waals surface area (Å²) in [7, 11) is 0. The summed E-state index contributed by atoms with van der Waals surface area (Å²) < 4.78 is 0. The highest BCUT2D eigenvalue weighted by Gasteiger charge is 2.37. The number of carbonyl (C=O) groups excluding carboxylic acids is 2. The molecule has 2 aliphatic rings. The Hall–Kier alpha value is -2.66. The molecule has 1 atom stereocenters. The maximum atomic E-state index is 13.5. The maximum absolute atomic E-state index is 13.5. The third kappa shape index (κ3) is 3.79. The van der Waals surface area contributed by atoms with E-state index >= 15 is 0 Å². The van der Waals surface area contributed by atoms with Gasteiger partial charge in [-0.1, -0.05) is 44.2 Å². The summed E-state index contributed by atoms with van der Waals surface area (Å²) in [4.78, 5) is 29.6. The first kappa shape index (κ1) is 19.6. The SMILES string of the molecule is C[C](C)CN1CCC[C@H]1C(=O)N1CCc2c(-c3ccccc3)cc(C(N)=O)cc21. The highest BCUT2D eigenvalue weighted by atomic mass is 16.2. The number of likely N-dealkylation sites (tertiary alicyclic amines) is 1. The van der Waals surface area contributed by atoms with Crippen LogP contribution in [0.4, 0.5) is 5.69 Å². The van der Waals surface area contributed by atoms with Crippen LogP contribution < -0.4 is 10.6 Å². The van der Waals surface area contributed by atoms with E-state index in [1.165, 1.54) is 5.92 Å². The van der Waals surface area contributed by atoms with E-state index in [-0.39, 0.29) is 11.9 Å². The Balaban J connectivity index is 1.72. The van der Waals surface area contributed by atoms with Gasteiger partial charge in [-0.25, -0.2) is 0 Å². The van der Waals surface area contributed by atoms with E-state index in [9.17, 15) is 9.59 Å². The summed E-state index contributed by atoms with van der Waals surface area (Å²) >= 11 is 0. The van der Waals surface area contributed by atoms with Crippen LogP contribution in [-0.2, 0) is 11.2 Å². The van der Waals surface area contributed by atoms with Crippen LogP contribution in [0.2, 0.25) is 0 Å². The number of primary amides is 1. The molecule has 2 amide bonds. The second-order valence-electron chi connectivity index (χ2n) is 8.33. The number of rotatable bonds is 5. The molecule has 0 unspecified atom stereocenters. The number of amides is 2. The van der Waals surface area contributed by atoms with Crippen LogP contribution in [0.25, 0.3) is 11.1 Å². The number of fused-ring (bicyclic) bond motifs is 1. The molecular formula is C24H28N3O2. The summed E-state index contributed by atoms with van der Waals surface area (Å²) in [5.74, 6) is 0.986. The van der Waals surface area contributed by atoms with Crippen molar-refractivity contribution in [3.63, 3.8) is 0 Å². The Morgan fingerprint density at radius 1 is 1.10 bits per heavy atom. The van der Waals surface area contributed by atoms with Gasteiger partial charge >= 0.3 is 0 Å². The molecule has 1 fully saturated rings. The van der Waals surface area contributed by atoms with Crippen molar-refractivity contribution in [3.8, 4) is 11.1 Å². The predicted molar refractivity (Wildman–Crippen MR) is 116 cm³/mol. The topological polar surface area (TPSA) is 66.6 Å². The molecule has 2 aliphatic heterocycles. The number of hydrogen-bond donors (Lipinski definition) is 1. The monoisotopic (exact) mass is 390 g/mol. The fourth-order valence-electron chi connectivity index (χ4n) is 4.63. The minimum absolute atomic E-state index is 0.0896.